The van der Waals surface area contributed by atoms with Crippen molar-refractivity contribution in [3.8, 4) is 5.75 Å². The maximum atomic E-state index is 13.6. The molecular weight excluding hydrogens is 532 g/mol. The summed E-state index contributed by atoms with van der Waals surface area (Å²) >= 11 is 0. The number of benzene rings is 2. The van der Waals surface area contributed by atoms with Crippen molar-refractivity contribution < 1.29 is 33.0 Å². The van der Waals surface area contributed by atoms with Crippen LogP contribution in [-0.2, 0) is 27.6 Å². The Morgan fingerprint density at radius 2 is 1.63 bits per heavy atom. The molecule has 226 valence electrons. The zero-order chi connectivity index (χ0) is 30.3. The molecule has 0 radical (unpaired) electrons. The minimum atomic E-state index is -2.89. The van der Waals surface area contributed by atoms with Gasteiger partial charge in [0, 0.05) is 6.42 Å². The molecular formula is C32H43F2NO6. The van der Waals surface area contributed by atoms with E-state index in [0.717, 1.165) is 50.2 Å². The summed E-state index contributed by atoms with van der Waals surface area (Å²) < 4.78 is 37.3. The number of ether oxygens (including phenoxy) is 2. The van der Waals surface area contributed by atoms with Gasteiger partial charge >= 0.3 is 5.97 Å². The van der Waals surface area contributed by atoms with Crippen LogP contribution >= 0.6 is 0 Å². The minimum absolute atomic E-state index is 0.0853. The van der Waals surface area contributed by atoms with Crippen molar-refractivity contribution >= 4 is 5.97 Å². The Labute approximate surface area is 242 Å². The molecule has 2 aromatic rings. The second kappa shape index (κ2) is 21.1. The first-order chi connectivity index (χ1) is 19.8. The molecule has 0 bridgehead atoms. The Hall–Kier alpha value is -3.75. The number of carbonyl (C=O) groups is 1. The predicted molar refractivity (Wildman–Crippen MR) is 156 cm³/mol. The number of esters is 1. The summed E-state index contributed by atoms with van der Waals surface area (Å²) in [5, 5.41) is 9.24. The average Bonchev–Trinajstić information content (AvgIpc) is 3.52. The third-order valence-electron chi connectivity index (χ3n) is 5.93. The van der Waals surface area contributed by atoms with E-state index in [9.17, 15) is 23.7 Å². The van der Waals surface area contributed by atoms with Crippen LogP contribution in [0.3, 0.4) is 0 Å². The molecule has 0 N–H and O–H groups in total. The van der Waals surface area contributed by atoms with Gasteiger partial charge in [0.25, 0.3) is 11.0 Å². The van der Waals surface area contributed by atoms with Gasteiger partial charge in [0.1, 0.15) is 19.0 Å². The molecule has 0 atom stereocenters. The molecule has 0 amide bonds. The lowest BCUT2D eigenvalue weighted by molar-refractivity contribution is -0.763. The Balaban J connectivity index is 0.000000390. The highest BCUT2D eigenvalue weighted by Crippen LogP contribution is 2.28. The van der Waals surface area contributed by atoms with Crippen LogP contribution < -0.4 is 4.74 Å². The molecule has 0 aliphatic heterocycles. The minimum Gasteiger partial charge on any atom is -0.487 e. The van der Waals surface area contributed by atoms with Crippen molar-refractivity contribution in [2.75, 3.05) is 6.61 Å². The number of rotatable bonds is 14. The van der Waals surface area contributed by atoms with Gasteiger partial charge in [-0.3, -0.25) is 4.79 Å². The van der Waals surface area contributed by atoms with Crippen molar-refractivity contribution in [1.82, 2.24) is 0 Å². The molecule has 1 aliphatic rings. The number of para-hydroxylation sites is 1. The van der Waals surface area contributed by atoms with Gasteiger partial charge in [-0.15, -0.1) is 10.1 Å². The van der Waals surface area contributed by atoms with Gasteiger partial charge in [-0.25, -0.2) is 0 Å². The van der Waals surface area contributed by atoms with Gasteiger partial charge in [0.15, 0.2) is 6.61 Å². The topological polar surface area (TPSA) is 87.9 Å². The first kappa shape index (κ1) is 35.3. The molecule has 1 aliphatic carbocycles. The quantitative estimate of drug-likeness (QED) is 0.0736. The molecule has 0 aromatic heterocycles. The normalized spacial score (nSPS) is 13.2. The number of unbranched alkanes of at least 4 members (excludes halogenated alkanes) is 1. The van der Waals surface area contributed by atoms with Crippen LogP contribution in [0.25, 0.3) is 0 Å². The number of carbonyl (C=O) groups excluding carboxylic acids is 1. The van der Waals surface area contributed by atoms with Gasteiger partial charge in [0.2, 0.25) is 0 Å². The zero-order valence-electron chi connectivity index (χ0n) is 24.3. The molecule has 1 saturated carbocycles. The molecule has 41 heavy (non-hydrogen) atoms. The highest BCUT2D eigenvalue weighted by molar-refractivity contribution is 5.69. The van der Waals surface area contributed by atoms with E-state index in [-0.39, 0.29) is 19.2 Å². The lowest BCUT2D eigenvalue weighted by atomic mass is 10.1. The predicted octanol–water partition coefficient (Wildman–Crippen LogP) is 8.66. The van der Waals surface area contributed by atoms with E-state index in [0.29, 0.717) is 23.7 Å². The fourth-order valence-corrected chi connectivity index (χ4v) is 3.80. The fraction of sp³-hybridized carbons (Fsp3) is 0.469. The van der Waals surface area contributed by atoms with E-state index in [1.807, 2.05) is 39.0 Å². The van der Waals surface area contributed by atoms with Gasteiger partial charge in [-0.1, -0.05) is 87.4 Å². The lowest BCUT2D eigenvalue weighted by Crippen LogP contribution is -2.23. The SMILES string of the molecule is C/C=C\CCCC(=O)OCc1ccc(CO[N+](=O)[O-])cc1.CC.FC(F)(/C=C/C1CCCC1)COc1ccccc1. The molecule has 9 heteroatoms. The van der Waals surface area contributed by atoms with Crippen LogP contribution in [-0.4, -0.2) is 23.6 Å². The molecule has 0 spiro atoms. The van der Waals surface area contributed by atoms with Gasteiger partial charge < -0.3 is 14.3 Å². The lowest BCUT2D eigenvalue weighted by Gasteiger charge is -2.14. The maximum Gasteiger partial charge on any atom is 0.306 e. The van der Waals surface area contributed by atoms with E-state index in [1.54, 1.807) is 54.6 Å². The first-order valence-electron chi connectivity index (χ1n) is 14.1. The summed E-state index contributed by atoms with van der Waals surface area (Å²) in [6, 6.07) is 15.6. The third-order valence-corrected chi connectivity index (χ3v) is 5.93. The number of nitrogens with zero attached hydrogens (tertiary/aromatic N) is 1. The Kier molecular flexibility index (Phi) is 18.1. The van der Waals surface area contributed by atoms with Crippen LogP contribution in [0.1, 0.15) is 76.8 Å². The van der Waals surface area contributed by atoms with Gasteiger partial charge in [0.05, 0.1) is 0 Å². The maximum absolute atomic E-state index is 13.6. The zero-order valence-corrected chi connectivity index (χ0v) is 24.3. The number of hydrogen-bond donors (Lipinski definition) is 0. The summed E-state index contributed by atoms with van der Waals surface area (Å²) in [6.45, 7) is 5.47. The molecule has 2 aromatic carbocycles. The molecule has 7 nitrogen and oxygen atoms in total. The van der Waals surface area contributed by atoms with Crippen molar-refractivity contribution in [1.29, 1.82) is 0 Å². The van der Waals surface area contributed by atoms with E-state index >= 15 is 0 Å². The summed E-state index contributed by atoms with van der Waals surface area (Å²) in [5.74, 6) is -2.31. The monoisotopic (exact) mass is 575 g/mol. The van der Waals surface area contributed by atoms with Gasteiger partial charge in [-0.2, -0.15) is 8.78 Å². The third kappa shape index (κ3) is 17.5. The van der Waals surface area contributed by atoms with Gasteiger partial charge in [-0.05, 0) is 67.9 Å². The van der Waals surface area contributed by atoms with Crippen LogP contribution in [0, 0.1) is 16.0 Å². The van der Waals surface area contributed by atoms with Crippen LogP contribution in [0.5, 0.6) is 5.75 Å². The van der Waals surface area contributed by atoms with E-state index in [1.165, 1.54) is 0 Å². The summed E-state index contributed by atoms with van der Waals surface area (Å²) in [4.78, 5) is 25.8. The van der Waals surface area contributed by atoms with Crippen LogP contribution in [0.2, 0.25) is 0 Å². The summed E-state index contributed by atoms with van der Waals surface area (Å²) in [6.07, 6.45) is 13.1. The Morgan fingerprint density at radius 3 is 2.22 bits per heavy atom. The highest BCUT2D eigenvalue weighted by atomic mass is 19.3. The second-order valence-corrected chi connectivity index (χ2v) is 9.20. The average molecular weight is 576 g/mol. The van der Waals surface area contributed by atoms with E-state index < -0.39 is 17.6 Å². The van der Waals surface area contributed by atoms with Crippen molar-refractivity contribution in [2.45, 2.75) is 84.9 Å². The molecule has 0 heterocycles. The molecule has 3 rings (SSSR count). The van der Waals surface area contributed by atoms with Crippen LogP contribution in [0.4, 0.5) is 8.78 Å². The van der Waals surface area contributed by atoms with E-state index in [4.69, 9.17) is 9.47 Å². The van der Waals surface area contributed by atoms with Crippen molar-refractivity contribution in [2.24, 2.45) is 5.92 Å². The number of allylic oxidation sites excluding steroid dienone is 3. The number of halogens is 2. The van der Waals surface area contributed by atoms with Crippen molar-refractivity contribution in [3.63, 3.8) is 0 Å². The molecule has 0 unspecified atom stereocenters. The Morgan fingerprint density at radius 1 is 1.02 bits per heavy atom. The van der Waals surface area contributed by atoms with Crippen molar-refractivity contribution in [3.05, 3.63) is 100 Å². The number of alkyl halides is 2. The largest absolute Gasteiger partial charge is 0.487 e. The first-order valence-corrected chi connectivity index (χ1v) is 14.1. The number of hydrogen-bond acceptors (Lipinski definition) is 6. The molecule has 1 fully saturated rings. The second-order valence-electron chi connectivity index (χ2n) is 9.20. The standard InChI is InChI=1S/C15H18F2O.C15H19NO5.C2H6/c16-15(17,11-10-13-6-4-5-7-13)12-18-14-8-2-1-3-9-14;1-2-3-4-5-6-15(17)20-11-13-7-9-14(10-8-13)12-21-16(18)19;1-2/h1-3,8-11,13H,4-7,12H2;2-3,7-10H,4-6,11-12H2,1H3;1-2H3/b11-10+;3-2-;. The molecule has 0 saturated heterocycles. The summed E-state index contributed by atoms with van der Waals surface area (Å²) in [7, 11) is 0. The summed E-state index contributed by atoms with van der Waals surface area (Å²) in [5.41, 5.74) is 1.52. The smallest absolute Gasteiger partial charge is 0.306 e. The Bertz CT molecular complexity index is 1040. The highest BCUT2D eigenvalue weighted by Gasteiger charge is 2.27. The van der Waals surface area contributed by atoms with E-state index in [2.05, 4.69) is 4.84 Å². The fourth-order valence-electron chi connectivity index (χ4n) is 3.80. The van der Waals surface area contributed by atoms with Crippen LogP contribution in [0.15, 0.2) is 78.9 Å².